The molecule has 12 heavy (non-hydrogen) atoms. The SMILES string of the molecule is Cc1ccccc1C1C=CC=[NH+]1. The van der Waals surface area contributed by atoms with Gasteiger partial charge in [0.05, 0.1) is 0 Å². The minimum absolute atomic E-state index is 0.381. The number of hydrogen-bond donors (Lipinski definition) is 1. The zero-order valence-corrected chi connectivity index (χ0v) is 7.12. The van der Waals surface area contributed by atoms with Gasteiger partial charge < -0.3 is 0 Å². The molecule has 1 aliphatic rings. The minimum Gasteiger partial charge on any atom is -0.238 e. The molecular weight excluding hydrogens is 146 g/mol. The van der Waals surface area contributed by atoms with E-state index in [1.807, 2.05) is 6.21 Å². The fourth-order valence-electron chi connectivity index (χ4n) is 1.51. The van der Waals surface area contributed by atoms with Gasteiger partial charge in [-0.05, 0) is 18.6 Å². The van der Waals surface area contributed by atoms with Crippen molar-refractivity contribution in [1.29, 1.82) is 0 Å². The predicted molar refractivity (Wildman–Crippen MR) is 50.1 cm³/mol. The van der Waals surface area contributed by atoms with Crippen molar-refractivity contribution in [1.82, 2.24) is 0 Å². The van der Waals surface area contributed by atoms with E-state index in [0.717, 1.165) is 0 Å². The lowest BCUT2D eigenvalue weighted by atomic mass is 10.0. The summed E-state index contributed by atoms with van der Waals surface area (Å²) in [5, 5.41) is 0. The summed E-state index contributed by atoms with van der Waals surface area (Å²) < 4.78 is 0. The van der Waals surface area contributed by atoms with Crippen molar-refractivity contribution in [2.45, 2.75) is 13.0 Å². The number of benzene rings is 1. The molecule has 1 atom stereocenters. The average Bonchev–Trinajstić information content (AvgIpc) is 2.57. The quantitative estimate of drug-likeness (QED) is 0.620. The van der Waals surface area contributed by atoms with Crippen LogP contribution >= 0.6 is 0 Å². The normalized spacial score (nSPS) is 20.2. The molecule has 0 saturated heterocycles. The zero-order valence-electron chi connectivity index (χ0n) is 7.12. The first-order valence-electron chi connectivity index (χ1n) is 4.19. The first-order valence-corrected chi connectivity index (χ1v) is 4.19. The van der Waals surface area contributed by atoms with Gasteiger partial charge >= 0.3 is 0 Å². The Kier molecular flexibility index (Phi) is 1.78. The molecule has 0 aliphatic carbocycles. The number of rotatable bonds is 1. The number of aryl methyl sites for hydroxylation is 1. The molecule has 1 aliphatic heterocycles. The van der Waals surface area contributed by atoms with Crippen LogP contribution < -0.4 is 4.99 Å². The van der Waals surface area contributed by atoms with Crippen molar-refractivity contribution in [2.24, 2.45) is 0 Å². The highest BCUT2D eigenvalue weighted by Gasteiger charge is 2.14. The van der Waals surface area contributed by atoms with Gasteiger partial charge in [-0.3, -0.25) is 0 Å². The second kappa shape index (κ2) is 2.94. The summed E-state index contributed by atoms with van der Waals surface area (Å²) in [6.45, 7) is 2.14. The first-order chi connectivity index (χ1) is 5.88. The van der Waals surface area contributed by atoms with E-state index in [-0.39, 0.29) is 0 Å². The van der Waals surface area contributed by atoms with Crippen molar-refractivity contribution < 1.29 is 4.99 Å². The van der Waals surface area contributed by atoms with Crippen molar-refractivity contribution in [2.75, 3.05) is 0 Å². The van der Waals surface area contributed by atoms with Crippen LogP contribution in [0.3, 0.4) is 0 Å². The van der Waals surface area contributed by atoms with E-state index in [1.165, 1.54) is 11.1 Å². The van der Waals surface area contributed by atoms with Gasteiger partial charge in [-0.15, -0.1) is 0 Å². The van der Waals surface area contributed by atoms with E-state index in [4.69, 9.17) is 0 Å². The molecule has 0 spiro atoms. The minimum atomic E-state index is 0.381. The second-order valence-corrected chi connectivity index (χ2v) is 3.05. The second-order valence-electron chi connectivity index (χ2n) is 3.05. The van der Waals surface area contributed by atoms with Crippen LogP contribution in [0.1, 0.15) is 17.2 Å². The molecule has 1 heteroatoms. The van der Waals surface area contributed by atoms with Crippen molar-refractivity contribution in [3.63, 3.8) is 0 Å². The zero-order chi connectivity index (χ0) is 8.39. The van der Waals surface area contributed by atoms with Gasteiger partial charge in [0.2, 0.25) is 0 Å². The Hall–Kier alpha value is -1.37. The lowest BCUT2D eigenvalue weighted by molar-refractivity contribution is -0.485. The fraction of sp³-hybridized carbons (Fsp3) is 0.182. The molecule has 0 aromatic heterocycles. The van der Waals surface area contributed by atoms with Gasteiger partial charge in [-0.2, -0.15) is 0 Å². The molecule has 1 nitrogen and oxygen atoms in total. The Morgan fingerprint density at radius 3 is 2.75 bits per heavy atom. The number of allylic oxidation sites excluding steroid dienone is 1. The van der Waals surface area contributed by atoms with Gasteiger partial charge in [-0.25, -0.2) is 4.99 Å². The molecule has 1 aromatic carbocycles. The standard InChI is InChI=1S/C11H11N/c1-9-5-2-3-6-10(9)11-7-4-8-12-11/h2-8,11H,1H3/p+1. The van der Waals surface area contributed by atoms with Crippen molar-refractivity contribution >= 4 is 6.21 Å². The summed E-state index contributed by atoms with van der Waals surface area (Å²) in [6, 6.07) is 8.84. The molecule has 1 aromatic rings. The van der Waals surface area contributed by atoms with E-state index in [9.17, 15) is 0 Å². The van der Waals surface area contributed by atoms with Crippen molar-refractivity contribution in [3.8, 4) is 0 Å². The molecule has 1 heterocycles. The van der Waals surface area contributed by atoms with E-state index in [0.29, 0.717) is 6.04 Å². The molecule has 0 fully saturated rings. The average molecular weight is 158 g/mol. The van der Waals surface area contributed by atoms with Gasteiger partial charge in [0.15, 0.2) is 12.3 Å². The van der Waals surface area contributed by atoms with E-state index < -0.39 is 0 Å². The summed E-state index contributed by atoms with van der Waals surface area (Å²) >= 11 is 0. The monoisotopic (exact) mass is 158 g/mol. The maximum absolute atomic E-state index is 3.28. The fourth-order valence-corrected chi connectivity index (χ4v) is 1.51. The molecular formula is C11H12N+. The predicted octanol–water partition coefficient (Wildman–Crippen LogP) is 0.757. The largest absolute Gasteiger partial charge is 0.238 e. The van der Waals surface area contributed by atoms with Gasteiger partial charge in [0, 0.05) is 11.6 Å². The molecule has 1 N–H and O–H groups in total. The van der Waals surface area contributed by atoms with Gasteiger partial charge in [-0.1, -0.05) is 24.3 Å². The van der Waals surface area contributed by atoms with Gasteiger partial charge in [0.1, 0.15) is 0 Å². The third-order valence-electron chi connectivity index (χ3n) is 2.20. The summed E-state index contributed by atoms with van der Waals surface area (Å²) in [6.07, 6.45) is 6.20. The summed E-state index contributed by atoms with van der Waals surface area (Å²) in [4.78, 5) is 3.28. The topological polar surface area (TPSA) is 14.0 Å². The molecule has 60 valence electrons. The van der Waals surface area contributed by atoms with Crippen LogP contribution in [0.25, 0.3) is 0 Å². The Bertz CT molecular complexity index is 325. The number of hydrogen-bond acceptors (Lipinski definition) is 0. The molecule has 0 amide bonds. The molecule has 0 radical (unpaired) electrons. The maximum Gasteiger partial charge on any atom is 0.195 e. The van der Waals surface area contributed by atoms with Crippen LogP contribution in [-0.2, 0) is 0 Å². The van der Waals surface area contributed by atoms with E-state index in [2.05, 4.69) is 48.3 Å². The van der Waals surface area contributed by atoms with E-state index >= 15 is 0 Å². The Morgan fingerprint density at radius 1 is 1.25 bits per heavy atom. The molecule has 0 saturated carbocycles. The number of nitrogens with one attached hydrogen (secondary N) is 1. The third kappa shape index (κ3) is 1.18. The van der Waals surface area contributed by atoms with E-state index in [1.54, 1.807) is 0 Å². The Morgan fingerprint density at radius 2 is 2.08 bits per heavy atom. The smallest absolute Gasteiger partial charge is 0.195 e. The van der Waals surface area contributed by atoms with Crippen LogP contribution in [0.5, 0.6) is 0 Å². The molecule has 2 rings (SSSR count). The van der Waals surface area contributed by atoms with Gasteiger partial charge in [0.25, 0.3) is 0 Å². The van der Waals surface area contributed by atoms with Crippen LogP contribution in [0.2, 0.25) is 0 Å². The lowest BCUT2D eigenvalue weighted by Gasteiger charge is -2.03. The highest BCUT2D eigenvalue weighted by molar-refractivity contribution is 5.67. The van der Waals surface area contributed by atoms with Crippen LogP contribution in [-0.4, -0.2) is 6.21 Å². The Balaban J connectivity index is 2.39. The lowest BCUT2D eigenvalue weighted by Crippen LogP contribution is -2.67. The summed E-state index contributed by atoms with van der Waals surface area (Å²) in [5.74, 6) is 0. The maximum atomic E-state index is 3.28. The molecule has 1 unspecified atom stereocenters. The molecule has 0 bridgehead atoms. The highest BCUT2D eigenvalue weighted by Crippen LogP contribution is 2.15. The van der Waals surface area contributed by atoms with Crippen molar-refractivity contribution in [3.05, 3.63) is 47.5 Å². The van der Waals surface area contributed by atoms with Crippen LogP contribution in [0.4, 0.5) is 0 Å². The summed E-state index contributed by atoms with van der Waals surface area (Å²) in [7, 11) is 0. The first kappa shape index (κ1) is 7.29. The highest BCUT2D eigenvalue weighted by atomic mass is 14.8. The van der Waals surface area contributed by atoms with Crippen LogP contribution in [0.15, 0.2) is 36.4 Å². The summed E-state index contributed by atoms with van der Waals surface area (Å²) in [5.41, 5.74) is 2.71. The van der Waals surface area contributed by atoms with Crippen LogP contribution in [0, 0.1) is 6.92 Å². The Labute approximate surface area is 72.5 Å². The third-order valence-corrected chi connectivity index (χ3v) is 2.20.